The summed E-state index contributed by atoms with van der Waals surface area (Å²) in [4.78, 5) is 26.7. The molecule has 0 spiro atoms. The molecular weight excluding hydrogens is 316 g/mol. The van der Waals surface area contributed by atoms with Gasteiger partial charge in [-0.2, -0.15) is 0 Å². The van der Waals surface area contributed by atoms with E-state index in [-0.39, 0.29) is 23.8 Å². The average Bonchev–Trinajstić information content (AvgIpc) is 3.11. The van der Waals surface area contributed by atoms with Gasteiger partial charge in [0.15, 0.2) is 0 Å². The molecule has 5 nitrogen and oxygen atoms in total. The van der Waals surface area contributed by atoms with Gasteiger partial charge in [0, 0.05) is 19.4 Å². The van der Waals surface area contributed by atoms with Gasteiger partial charge in [-0.15, -0.1) is 0 Å². The molecule has 2 aliphatic rings. The molecule has 2 N–H and O–H groups in total. The molecule has 2 fully saturated rings. The summed E-state index contributed by atoms with van der Waals surface area (Å²) in [7, 11) is 0. The molecule has 0 bridgehead atoms. The van der Waals surface area contributed by atoms with E-state index in [4.69, 9.17) is 0 Å². The second-order valence-corrected chi connectivity index (χ2v) is 7.64. The fraction of sp³-hybridized carbons (Fsp3) is 0.600. The molecule has 3 atom stereocenters. The lowest BCUT2D eigenvalue weighted by Crippen LogP contribution is -2.63. The predicted octanol–water partition coefficient (Wildman–Crippen LogP) is 2.41. The topological polar surface area (TPSA) is 69.6 Å². The van der Waals surface area contributed by atoms with Crippen molar-refractivity contribution in [1.29, 1.82) is 0 Å². The molecule has 1 heterocycles. The van der Waals surface area contributed by atoms with Crippen molar-refractivity contribution in [3.8, 4) is 0 Å². The Labute approximate surface area is 149 Å². The summed E-state index contributed by atoms with van der Waals surface area (Å²) in [6, 6.07) is 8.82. The lowest BCUT2D eigenvalue weighted by molar-refractivity contribution is -0.145. The fourth-order valence-electron chi connectivity index (χ4n) is 4.23. The van der Waals surface area contributed by atoms with Crippen molar-refractivity contribution in [1.82, 2.24) is 10.2 Å². The number of hydrogen-bond acceptors (Lipinski definition) is 3. The van der Waals surface area contributed by atoms with Crippen LogP contribution in [0.3, 0.4) is 0 Å². The highest BCUT2D eigenvalue weighted by atomic mass is 16.3. The number of amides is 2. The summed E-state index contributed by atoms with van der Waals surface area (Å²) in [5.74, 6) is -0.00138. The molecule has 0 radical (unpaired) electrons. The molecule has 1 aliphatic heterocycles. The molecule has 1 aromatic carbocycles. The van der Waals surface area contributed by atoms with Crippen LogP contribution in [-0.2, 0) is 9.59 Å². The number of likely N-dealkylation sites (tertiary alicyclic amines) is 1. The summed E-state index contributed by atoms with van der Waals surface area (Å²) < 4.78 is 0. The standard InChI is InChI=1S/C20H28N2O3/c1-14(23)22-13-12-20(2,25)18(17(22)15-8-4-3-5-9-15)21-19(24)16-10-6-7-11-16/h3-5,8-9,16-18,25H,6-7,10-13H2,1-2H3,(H,21,24). The van der Waals surface area contributed by atoms with E-state index in [9.17, 15) is 14.7 Å². The summed E-state index contributed by atoms with van der Waals surface area (Å²) in [5, 5.41) is 14.1. The van der Waals surface area contributed by atoms with E-state index in [1.807, 2.05) is 30.3 Å². The van der Waals surface area contributed by atoms with Gasteiger partial charge < -0.3 is 15.3 Å². The Morgan fingerprint density at radius 1 is 1.20 bits per heavy atom. The number of nitrogens with one attached hydrogen (secondary N) is 1. The zero-order valence-corrected chi connectivity index (χ0v) is 15.1. The van der Waals surface area contributed by atoms with E-state index in [0.717, 1.165) is 31.2 Å². The van der Waals surface area contributed by atoms with Crippen LogP contribution < -0.4 is 5.32 Å². The third-order valence-corrected chi connectivity index (χ3v) is 5.75. The number of carbonyl (C=O) groups is 2. The highest BCUT2D eigenvalue weighted by molar-refractivity contribution is 5.80. The van der Waals surface area contributed by atoms with Gasteiger partial charge in [0.25, 0.3) is 0 Å². The van der Waals surface area contributed by atoms with Crippen molar-refractivity contribution in [3.05, 3.63) is 35.9 Å². The smallest absolute Gasteiger partial charge is 0.223 e. The second-order valence-electron chi connectivity index (χ2n) is 7.64. The SMILES string of the molecule is CC(=O)N1CCC(C)(O)C(NC(=O)C2CCCC2)C1c1ccccc1. The number of rotatable bonds is 3. The van der Waals surface area contributed by atoms with Gasteiger partial charge in [-0.1, -0.05) is 43.2 Å². The molecule has 136 valence electrons. The Morgan fingerprint density at radius 2 is 1.84 bits per heavy atom. The van der Waals surface area contributed by atoms with E-state index >= 15 is 0 Å². The van der Waals surface area contributed by atoms with Crippen LogP contribution in [0.2, 0.25) is 0 Å². The number of carbonyl (C=O) groups excluding carboxylic acids is 2. The minimum absolute atomic E-state index is 0.00843. The predicted molar refractivity (Wildman–Crippen MR) is 95.7 cm³/mol. The molecule has 1 aromatic rings. The van der Waals surface area contributed by atoms with Gasteiger partial charge in [0.2, 0.25) is 11.8 Å². The Hall–Kier alpha value is -1.88. The molecule has 25 heavy (non-hydrogen) atoms. The van der Waals surface area contributed by atoms with Gasteiger partial charge in [-0.05, 0) is 31.7 Å². The highest BCUT2D eigenvalue weighted by Gasteiger charge is 2.47. The van der Waals surface area contributed by atoms with E-state index in [2.05, 4.69) is 5.32 Å². The number of aliphatic hydroxyl groups is 1. The zero-order valence-electron chi connectivity index (χ0n) is 15.1. The third-order valence-electron chi connectivity index (χ3n) is 5.75. The summed E-state index contributed by atoms with van der Waals surface area (Å²) in [6.45, 7) is 3.80. The Morgan fingerprint density at radius 3 is 2.44 bits per heavy atom. The van der Waals surface area contributed by atoms with Crippen molar-refractivity contribution in [2.45, 2.75) is 63.6 Å². The van der Waals surface area contributed by atoms with Crippen molar-refractivity contribution < 1.29 is 14.7 Å². The molecule has 3 unspecified atom stereocenters. The number of piperidine rings is 1. The normalized spacial score (nSPS) is 30.3. The number of nitrogens with zero attached hydrogens (tertiary/aromatic N) is 1. The Balaban J connectivity index is 1.92. The molecular formula is C20H28N2O3. The Bertz CT molecular complexity index is 623. The van der Waals surface area contributed by atoms with E-state index < -0.39 is 11.6 Å². The van der Waals surface area contributed by atoms with Crippen molar-refractivity contribution in [2.75, 3.05) is 6.54 Å². The van der Waals surface area contributed by atoms with E-state index in [0.29, 0.717) is 13.0 Å². The van der Waals surface area contributed by atoms with Crippen LogP contribution in [0.25, 0.3) is 0 Å². The van der Waals surface area contributed by atoms with Crippen LogP contribution >= 0.6 is 0 Å². The fourth-order valence-corrected chi connectivity index (χ4v) is 4.23. The van der Waals surface area contributed by atoms with Gasteiger partial charge >= 0.3 is 0 Å². The quantitative estimate of drug-likeness (QED) is 0.885. The van der Waals surface area contributed by atoms with Crippen LogP contribution in [0.15, 0.2) is 30.3 Å². The first-order chi connectivity index (χ1) is 11.9. The van der Waals surface area contributed by atoms with Crippen LogP contribution in [0.5, 0.6) is 0 Å². The van der Waals surface area contributed by atoms with Crippen molar-refractivity contribution >= 4 is 11.8 Å². The molecule has 0 aromatic heterocycles. The number of benzene rings is 1. The van der Waals surface area contributed by atoms with Crippen molar-refractivity contribution in [3.63, 3.8) is 0 Å². The lowest BCUT2D eigenvalue weighted by Gasteiger charge is -2.49. The first kappa shape index (κ1) is 17.9. The van der Waals surface area contributed by atoms with Crippen molar-refractivity contribution in [2.24, 2.45) is 5.92 Å². The third kappa shape index (κ3) is 3.71. The van der Waals surface area contributed by atoms with Gasteiger partial charge in [0.1, 0.15) is 0 Å². The average molecular weight is 344 g/mol. The molecule has 1 saturated carbocycles. The van der Waals surface area contributed by atoms with Gasteiger partial charge in [0.05, 0.1) is 17.7 Å². The molecule has 3 rings (SSSR count). The van der Waals surface area contributed by atoms with E-state index in [1.54, 1.807) is 18.7 Å². The molecule has 1 aliphatic carbocycles. The molecule has 5 heteroatoms. The highest BCUT2D eigenvalue weighted by Crippen LogP contribution is 2.37. The Kier molecular flexibility index (Phi) is 5.13. The van der Waals surface area contributed by atoms with Crippen LogP contribution in [0.4, 0.5) is 0 Å². The largest absolute Gasteiger partial charge is 0.388 e. The van der Waals surface area contributed by atoms with E-state index in [1.165, 1.54) is 0 Å². The summed E-state index contributed by atoms with van der Waals surface area (Å²) >= 11 is 0. The van der Waals surface area contributed by atoms with Crippen LogP contribution in [-0.4, -0.2) is 40.0 Å². The van der Waals surface area contributed by atoms with Gasteiger partial charge in [-0.3, -0.25) is 9.59 Å². The van der Waals surface area contributed by atoms with Crippen LogP contribution in [0, 0.1) is 5.92 Å². The maximum absolute atomic E-state index is 12.7. The summed E-state index contributed by atoms with van der Waals surface area (Å²) in [5.41, 5.74) is -0.116. The maximum Gasteiger partial charge on any atom is 0.223 e. The molecule has 1 saturated heterocycles. The minimum atomic E-state index is -1.05. The first-order valence-electron chi connectivity index (χ1n) is 9.25. The minimum Gasteiger partial charge on any atom is -0.388 e. The monoisotopic (exact) mass is 344 g/mol. The zero-order chi connectivity index (χ0) is 18.0. The summed E-state index contributed by atoms with van der Waals surface area (Å²) in [6.07, 6.45) is 4.44. The molecule has 2 amide bonds. The maximum atomic E-state index is 12.7. The van der Waals surface area contributed by atoms with Gasteiger partial charge in [-0.25, -0.2) is 0 Å². The number of hydrogen-bond donors (Lipinski definition) is 2. The second kappa shape index (κ2) is 7.16. The lowest BCUT2D eigenvalue weighted by atomic mass is 9.79. The van der Waals surface area contributed by atoms with Crippen LogP contribution in [0.1, 0.15) is 57.6 Å². The first-order valence-corrected chi connectivity index (χ1v) is 9.25.